The Morgan fingerprint density at radius 1 is 0.964 bits per heavy atom. The maximum Gasteiger partial charge on any atom is 0.387 e. The van der Waals surface area contributed by atoms with E-state index in [0.717, 1.165) is 17.5 Å². The van der Waals surface area contributed by atoms with Crippen LogP contribution in [0.3, 0.4) is 0 Å². The van der Waals surface area contributed by atoms with Gasteiger partial charge in [-0.2, -0.15) is 8.78 Å². The van der Waals surface area contributed by atoms with E-state index in [1.807, 2.05) is 30.3 Å². The molecule has 0 aliphatic heterocycles. The molecule has 0 aromatic heterocycles. The van der Waals surface area contributed by atoms with E-state index in [2.05, 4.69) is 10.1 Å². The molecule has 0 spiro atoms. The van der Waals surface area contributed by atoms with Crippen molar-refractivity contribution in [2.75, 3.05) is 0 Å². The summed E-state index contributed by atoms with van der Waals surface area (Å²) < 4.78 is 29.2. The van der Waals surface area contributed by atoms with Crippen LogP contribution in [0.25, 0.3) is 0 Å². The van der Waals surface area contributed by atoms with E-state index in [4.69, 9.17) is 0 Å². The lowest BCUT2D eigenvalue weighted by Gasteiger charge is -2.23. The maximum absolute atomic E-state index is 12.6. The van der Waals surface area contributed by atoms with Gasteiger partial charge in [0.1, 0.15) is 5.75 Å². The highest BCUT2D eigenvalue weighted by atomic mass is 19.3. The molecule has 1 amide bonds. The van der Waals surface area contributed by atoms with Crippen LogP contribution in [-0.2, 0) is 4.79 Å². The smallest absolute Gasteiger partial charge is 0.387 e. The van der Waals surface area contributed by atoms with E-state index in [1.54, 1.807) is 12.1 Å². The largest absolute Gasteiger partial charge is 0.435 e. The third-order valence-corrected chi connectivity index (χ3v) is 5.38. The van der Waals surface area contributed by atoms with Crippen LogP contribution in [0.4, 0.5) is 8.78 Å². The summed E-state index contributed by atoms with van der Waals surface area (Å²) in [7, 11) is 0. The van der Waals surface area contributed by atoms with Gasteiger partial charge in [-0.15, -0.1) is 0 Å². The van der Waals surface area contributed by atoms with E-state index < -0.39 is 6.61 Å². The first-order valence-corrected chi connectivity index (χ1v) is 10.0. The van der Waals surface area contributed by atoms with Crippen molar-refractivity contribution in [1.29, 1.82) is 0 Å². The van der Waals surface area contributed by atoms with Gasteiger partial charge >= 0.3 is 6.61 Å². The summed E-state index contributed by atoms with van der Waals surface area (Å²) in [4.78, 5) is 12.6. The quantitative estimate of drug-likeness (QED) is 0.617. The Kier molecular flexibility index (Phi) is 7.40. The molecule has 150 valence electrons. The number of alkyl halides is 2. The van der Waals surface area contributed by atoms with Crippen molar-refractivity contribution in [1.82, 2.24) is 5.32 Å². The standard InChI is InChI=1S/C23H27F2NO2/c24-23(25)28-20-14-12-19(13-15-20)22(18-9-5-2-6-10-18)26-21(27)16-11-17-7-3-1-4-8-17/h2,5-6,9-10,12-15,17,22-23H,1,3-4,7-8,11,16H2,(H,26,27). The molecule has 1 aliphatic carbocycles. The van der Waals surface area contributed by atoms with Crippen LogP contribution in [0.1, 0.15) is 62.1 Å². The second kappa shape index (κ2) is 10.2. The minimum atomic E-state index is -2.85. The molecule has 1 saturated carbocycles. The second-order valence-corrected chi connectivity index (χ2v) is 7.40. The third kappa shape index (κ3) is 6.04. The van der Waals surface area contributed by atoms with E-state index in [-0.39, 0.29) is 17.7 Å². The fraction of sp³-hybridized carbons (Fsp3) is 0.435. The third-order valence-electron chi connectivity index (χ3n) is 5.38. The Labute approximate surface area is 165 Å². The molecule has 0 saturated heterocycles. The van der Waals surface area contributed by atoms with Crippen LogP contribution in [0.15, 0.2) is 54.6 Å². The van der Waals surface area contributed by atoms with Crippen molar-refractivity contribution in [3.8, 4) is 5.75 Å². The number of carbonyl (C=O) groups is 1. The SMILES string of the molecule is O=C(CCC1CCCCC1)NC(c1ccccc1)c1ccc(OC(F)F)cc1. The number of amides is 1. The van der Waals surface area contributed by atoms with Gasteiger partial charge in [0.05, 0.1) is 6.04 Å². The molecule has 3 rings (SSSR count). The molecule has 1 fully saturated rings. The predicted octanol–water partition coefficient (Wildman–Crippen LogP) is 5.85. The Morgan fingerprint density at radius 2 is 1.61 bits per heavy atom. The molecule has 0 bridgehead atoms. The highest BCUT2D eigenvalue weighted by molar-refractivity contribution is 5.77. The molecule has 0 radical (unpaired) electrons. The molecule has 0 heterocycles. The first kappa shape index (κ1) is 20.3. The van der Waals surface area contributed by atoms with Crippen molar-refractivity contribution in [3.63, 3.8) is 0 Å². The molecule has 1 unspecified atom stereocenters. The van der Waals surface area contributed by atoms with Gasteiger partial charge in [-0.1, -0.05) is 74.6 Å². The number of nitrogens with one attached hydrogen (secondary N) is 1. The summed E-state index contributed by atoms with van der Waals surface area (Å²) in [5.74, 6) is 0.780. The maximum atomic E-state index is 12.6. The summed E-state index contributed by atoms with van der Waals surface area (Å²) in [6.45, 7) is -2.85. The Balaban J connectivity index is 1.67. The van der Waals surface area contributed by atoms with Gasteiger partial charge in [0, 0.05) is 6.42 Å². The Hall–Kier alpha value is -2.43. The fourth-order valence-electron chi connectivity index (χ4n) is 3.89. The van der Waals surface area contributed by atoms with Gasteiger partial charge in [0.15, 0.2) is 0 Å². The minimum absolute atomic E-state index is 0.0207. The lowest BCUT2D eigenvalue weighted by atomic mass is 9.86. The van der Waals surface area contributed by atoms with Gasteiger partial charge < -0.3 is 10.1 Å². The minimum Gasteiger partial charge on any atom is -0.435 e. The zero-order chi connectivity index (χ0) is 19.8. The molecule has 2 aromatic carbocycles. The van der Waals surface area contributed by atoms with E-state index in [0.29, 0.717) is 12.3 Å². The molecule has 1 atom stereocenters. The van der Waals surface area contributed by atoms with E-state index in [9.17, 15) is 13.6 Å². The number of rotatable bonds is 8. The van der Waals surface area contributed by atoms with Crippen LogP contribution >= 0.6 is 0 Å². The summed E-state index contributed by atoms with van der Waals surface area (Å²) in [6.07, 6.45) is 7.74. The highest BCUT2D eigenvalue weighted by Gasteiger charge is 2.19. The number of hydrogen-bond donors (Lipinski definition) is 1. The van der Waals surface area contributed by atoms with Crippen LogP contribution in [0, 0.1) is 5.92 Å². The summed E-state index contributed by atoms with van der Waals surface area (Å²) in [5, 5.41) is 3.12. The van der Waals surface area contributed by atoms with Crippen LogP contribution in [-0.4, -0.2) is 12.5 Å². The molecule has 1 aliphatic rings. The monoisotopic (exact) mass is 387 g/mol. The van der Waals surface area contributed by atoms with Gasteiger partial charge in [-0.25, -0.2) is 0 Å². The number of ether oxygens (including phenoxy) is 1. The van der Waals surface area contributed by atoms with Gasteiger partial charge in [-0.3, -0.25) is 4.79 Å². The van der Waals surface area contributed by atoms with Gasteiger partial charge in [0.2, 0.25) is 5.91 Å². The Morgan fingerprint density at radius 3 is 2.25 bits per heavy atom. The van der Waals surface area contributed by atoms with E-state index >= 15 is 0 Å². The topological polar surface area (TPSA) is 38.3 Å². The van der Waals surface area contributed by atoms with Crippen LogP contribution in [0.2, 0.25) is 0 Å². The molecule has 28 heavy (non-hydrogen) atoms. The van der Waals surface area contributed by atoms with Gasteiger partial charge in [-0.05, 0) is 35.6 Å². The fourth-order valence-corrected chi connectivity index (χ4v) is 3.89. The zero-order valence-electron chi connectivity index (χ0n) is 16.0. The molecule has 5 heteroatoms. The first-order chi connectivity index (χ1) is 13.6. The van der Waals surface area contributed by atoms with E-state index in [1.165, 1.54) is 44.2 Å². The first-order valence-electron chi connectivity index (χ1n) is 10.0. The lowest BCUT2D eigenvalue weighted by Crippen LogP contribution is -2.29. The normalized spacial score (nSPS) is 16.0. The number of carbonyl (C=O) groups excluding carboxylic acids is 1. The number of benzene rings is 2. The average molecular weight is 387 g/mol. The molecule has 2 aromatic rings. The van der Waals surface area contributed by atoms with Crippen LogP contribution < -0.4 is 10.1 Å². The molecular formula is C23H27F2NO2. The second-order valence-electron chi connectivity index (χ2n) is 7.40. The lowest BCUT2D eigenvalue weighted by molar-refractivity contribution is -0.121. The van der Waals surface area contributed by atoms with Crippen molar-refractivity contribution in [3.05, 3.63) is 65.7 Å². The summed E-state index contributed by atoms with van der Waals surface area (Å²) in [6, 6.07) is 15.8. The zero-order valence-corrected chi connectivity index (χ0v) is 16.0. The summed E-state index contributed by atoms with van der Waals surface area (Å²) >= 11 is 0. The van der Waals surface area contributed by atoms with Crippen molar-refractivity contribution in [2.24, 2.45) is 5.92 Å². The average Bonchev–Trinajstić information content (AvgIpc) is 2.72. The Bertz CT molecular complexity index is 728. The van der Waals surface area contributed by atoms with Gasteiger partial charge in [0.25, 0.3) is 0 Å². The van der Waals surface area contributed by atoms with Crippen molar-refractivity contribution >= 4 is 5.91 Å². The van der Waals surface area contributed by atoms with Crippen molar-refractivity contribution in [2.45, 2.75) is 57.6 Å². The molecule has 3 nitrogen and oxygen atoms in total. The van der Waals surface area contributed by atoms with Crippen molar-refractivity contribution < 1.29 is 18.3 Å². The van der Waals surface area contributed by atoms with Crippen LogP contribution in [0.5, 0.6) is 5.75 Å². The number of halogens is 2. The highest BCUT2D eigenvalue weighted by Crippen LogP contribution is 2.28. The number of hydrogen-bond acceptors (Lipinski definition) is 2. The predicted molar refractivity (Wildman–Crippen MR) is 105 cm³/mol. The summed E-state index contributed by atoms with van der Waals surface area (Å²) in [5.41, 5.74) is 1.79. The molecule has 1 N–H and O–H groups in total. The molecular weight excluding hydrogens is 360 g/mol.